The molecule has 19 heavy (non-hydrogen) atoms. The zero-order valence-electron chi connectivity index (χ0n) is 11.9. The predicted octanol–water partition coefficient (Wildman–Crippen LogP) is 1.21. The van der Waals surface area contributed by atoms with E-state index in [1.165, 1.54) is 12.8 Å². The molecule has 1 aromatic rings. The first-order valence-corrected chi connectivity index (χ1v) is 6.62. The lowest BCUT2D eigenvalue weighted by Gasteiger charge is -2.38. The van der Waals surface area contributed by atoms with E-state index in [-0.39, 0.29) is 5.95 Å². The summed E-state index contributed by atoms with van der Waals surface area (Å²) in [6, 6.07) is 1.77. The van der Waals surface area contributed by atoms with E-state index in [0.29, 0.717) is 11.3 Å². The number of hydrogen-bond acceptors (Lipinski definition) is 6. The van der Waals surface area contributed by atoms with Crippen molar-refractivity contribution in [3.8, 4) is 5.88 Å². The van der Waals surface area contributed by atoms with Gasteiger partial charge in [-0.1, -0.05) is 6.92 Å². The lowest BCUT2D eigenvalue weighted by atomic mass is 9.80. The highest BCUT2D eigenvalue weighted by Crippen LogP contribution is 2.30. The Balaban J connectivity index is 1.96. The Kier molecular flexibility index (Phi) is 4.09. The van der Waals surface area contributed by atoms with Crippen LogP contribution in [0.15, 0.2) is 6.07 Å². The van der Waals surface area contributed by atoms with Gasteiger partial charge in [-0.05, 0) is 38.4 Å². The summed E-state index contributed by atoms with van der Waals surface area (Å²) in [7, 11) is 3.74. The summed E-state index contributed by atoms with van der Waals surface area (Å²) in [5, 5.41) is 3.36. The largest absolute Gasteiger partial charge is 0.481 e. The van der Waals surface area contributed by atoms with Crippen molar-refractivity contribution in [1.82, 2.24) is 14.9 Å². The summed E-state index contributed by atoms with van der Waals surface area (Å²) < 4.78 is 5.09. The fourth-order valence-electron chi connectivity index (χ4n) is 2.28. The fraction of sp³-hybridized carbons (Fsp3) is 0.692. The summed E-state index contributed by atoms with van der Waals surface area (Å²) in [6.07, 6.45) is 2.38. The van der Waals surface area contributed by atoms with Crippen molar-refractivity contribution in [2.24, 2.45) is 5.41 Å². The first-order chi connectivity index (χ1) is 9.00. The van der Waals surface area contributed by atoms with Crippen molar-refractivity contribution in [2.75, 3.05) is 44.8 Å². The number of piperidine rings is 1. The average Bonchev–Trinajstić information content (AvgIpc) is 2.40. The highest BCUT2D eigenvalue weighted by molar-refractivity contribution is 5.42. The molecule has 0 aliphatic carbocycles. The van der Waals surface area contributed by atoms with Crippen LogP contribution < -0.4 is 15.8 Å². The molecule has 0 radical (unpaired) electrons. The Bertz CT molecular complexity index is 429. The van der Waals surface area contributed by atoms with Gasteiger partial charge < -0.3 is 20.7 Å². The molecule has 0 spiro atoms. The Labute approximate surface area is 114 Å². The van der Waals surface area contributed by atoms with Crippen LogP contribution in [0.3, 0.4) is 0 Å². The molecular formula is C13H23N5O. The standard InChI is InChI=1S/C13H23N5O/c1-13(4-6-18(2)7-5-13)9-15-10-8-11(19-3)17-12(14)16-10/h8H,4-7,9H2,1-3H3,(H3,14,15,16,17). The van der Waals surface area contributed by atoms with E-state index in [1.54, 1.807) is 13.2 Å². The molecule has 2 rings (SSSR count). The van der Waals surface area contributed by atoms with Crippen molar-refractivity contribution in [1.29, 1.82) is 0 Å². The molecule has 0 bridgehead atoms. The molecule has 0 saturated carbocycles. The molecule has 0 aromatic carbocycles. The minimum Gasteiger partial charge on any atom is -0.481 e. The second kappa shape index (κ2) is 5.61. The van der Waals surface area contributed by atoms with E-state index < -0.39 is 0 Å². The van der Waals surface area contributed by atoms with Gasteiger partial charge in [-0.2, -0.15) is 9.97 Å². The topological polar surface area (TPSA) is 76.3 Å². The Morgan fingerprint density at radius 2 is 2.11 bits per heavy atom. The number of nitrogens with zero attached hydrogens (tertiary/aromatic N) is 3. The van der Waals surface area contributed by atoms with Crippen LogP contribution in [0.4, 0.5) is 11.8 Å². The third-order valence-corrected chi connectivity index (χ3v) is 3.82. The molecule has 6 heteroatoms. The highest BCUT2D eigenvalue weighted by Gasteiger charge is 2.28. The number of hydrogen-bond donors (Lipinski definition) is 2. The van der Waals surface area contributed by atoms with Gasteiger partial charge in [0.05, 0.1) is 7.11 Å². The molecule has 1 aromatic heterocycles. The maximum Gasteiger partial charge on any atom is 0.225 e. The van der Waals surface area contributed by atoms with Crippen LogP contribution >= 0.6 is 0 Å². The van der Waals surface area contributed by atoms with Crippen LogP contribution in [-0.4, -0.2) is 48.7 Å². The van der Waals surface area contributed by atoms with Crippen LogP contribution in [0.2, 0.25) is 0 Å². The molecule has 0 amide bonds. The monoisotopic (exact) mass is 265 g/mol. The van der Waals surface area contributed by atoms with Gasteiger partial charge in [-0.15, -0.1) is 0 Å². The van der Waals surface area contributed by atoms with Gasteiger partial charge in [0.25, 0.3) is 0 Å². The fourth-order valence-corrected chi connectivity index (χ4v) is 2.28. The van der Waals surface area contributed by atoms with E-state index in [1.807, 2.05) is 0 Å². The Morgan fingerprint density at radius 1 is 1.42 bits per heavy atom. The van der Waals surface area contributed by atoms with E-state index in [2.05, 4.69) is 34.2 Å². The van der Waals surface area contributed by atoms with Crippen molar-refractivity contribution < 1.29 is 4.74 Å². The third-order valence-electron chi connectivity index (χ3n) is 3.82. The second-order valence-corrected chi connectivity index (χ2v) is 5.62. The maximum atomic E-state index is 5.65. The molecule has 1 aliphatic rings. The summed E-state index contributed by atoms with van der Waals surface area (Å²) in [6.45, 7) is 5.50. The molecule has 1 fully saturated rings. The van der Waals surface area contributed by atoms with E-state index >= 15 is 0 Å². The van der Waals surface area contributed by atoms with Gasteiger partial charge in [0.15, 0.2) is 0 Å². The Hall–Kier alpha value is -1.56. The average molecular weight is 265 g/mol. The first kappa shape index (κ1) is 13.9. The molecule has 1 saturated heterocycles. The van der Waals surface area contributed by atoms with Crippen molar-refractivity contribution >= 4 is 11.8 Å². The minimum absolute atomic E-state index is 0.232. The van der Waals surface area contributed by atoms with Crippen molar-refractivity contribution in [3.63, 3.8) is 0 Å². The van der Waals surface area contributed by atoms with Crippen LogP contribution in [-0.2, 0) is 0 Å². The molecule has 0 unspecified atom stereocenters. The number of nitrogen functional groups attached to an aromatic ring is 1. The van der Waals surface area contributed by atoms with Crippen molar-refractivity contribution in [2.45, 2.75) is 19.8 Å². The lowest BCUT2D eigenvalue weighted by Crippen LogP contribution is -2.40. The predicted molar refractivity (Wildman–Crippen MR) is 76.3 cm³/mol. The molecule has 0 atom stereocenters. The normalized spacial score (nSPS) is 19.1. The van der Waals surface area contributed by atoms with Gasteiger partial charge in [-0.25, -0.2) is 0 Å². The minimum atomic E-state index is 0.232. The third kappa shape index (κ3) is 3.70. The van der Waals surface area contributed by atoms with Crippen LogP contribution in [0.25, 0.3) is 0 Å². The zero-order valence-corrected chi connectivity index (χ0v) is 11.9. The number of methoxy groups -OCH3 is 1. The van der Waals surface area contributed by atoms with Gasteiger partial charge >= 0.3 is 0 Å². The maximum absolute atomic E-state index is 5.65. The molecule has 6 nitrogen and oxygen atoms in total. The number of aromatic nitrogens is 2. The summed E-state index contributed by atoms with van der Waals surface area (Å²) in [5.74, 6) is 1.45. The van der Waals surface area contributed by atoms with Crippen LogP contribution in [0.1, 0.15) is 19.8 Å². The number of anilines is 2. The lowest BCUT2D eigenvalue weighted by molar-refractivity contribution is 0.150. The molecule has 2 heterocycles. The number of likely N-dealkylation sites (tertiary alicyclic amines) is 1. The van der Waals surface area contributed by atoms with E-state index in [4.69, 9.17) is 10.5 Å². The zero-order chi connectivity index (χ0) is 13.9. The smallest absolute Gasteiger partial charge is 0.225 e. The number of nitrogens with two attached hydrogens (primary N) is 1. The molecule has 106 valence electrons. The molecule has 1 aliphatic heterocycles. The Morgan fingerprint density at radius 3 is 2.74 bits per heavy atom. The first-order valence-electron chi connectivity index (χ1n) is 6.62. The van der Waals surface area contributed by atoms with Gasteiger partial charge in [0.1, 0.15) is 5.82 Å². The quantitative estimate of drug-likeness (QED) is 0.852. The molecular weight excluding hydrogens is 242 g/mol. The van der Waals surface area contributed by atoms with Gasteiger partial charge in [0, 0.05) is 12.6 Å². The summed E-state index contributed by atoms with van der Waals surface area (Å²) >= 11 is 0. The molecule has 3 N–H and O–H groups in total. The summed E-state index contributed by atoms with van der Waals surface area (Å²) in [5.41, 5.74) is 5.95. The van der Waals surface area contributed by atoms with Crippen molar-refractivity contribution in [3.05, 3.63) is 6.07 Å². The highest BCUT2D eigenvalue weighted by atomic mass is 16.5. The summed E-state index contributed by atoms with van der Waals surface area (Å²) in [4.78, 5) is 10.5. The number of rotatable bonds is 4. The van der Waals surface area contributed by atoms with Crippen LogP contribution in [0.5, 0.6) is 5.88 Å². The number of nitrogens with one attached hydrogen (secondary N) is 1. The SMILES string of the molecule is COc1cc(NCC2(C)CCN(C)CC2)nc(N)n1. The van der Waals surface area contributed by atoms with Crippen LogP contribution in [0, 0.1) is 5.41 Å². The second-order valence-electron chi connectivity index (χ2n) is 5.62. The van der Waals surface area contributed by atoms with E-state index in [9.17, 15) is 0 Å². The van der Waals surface area contributed by atoms with E-state index in [0.717, 1.165) is 25.5 Å². The van der Waals surface area contributed by atoms with Gasteiger partial charge in [-0.3, -0.25) is 0 Å². The van der Waals surface area contributed by atoms with Gasteiger partial charge in [0.2, 0.25) is 11.8 Å². The number of ether oxygens (including phenoxy) is 1.